The molecule has 0 radical (unpaired) electrons. The second-order valence-electron chi connectivity index (χ2n) is 4.07. The van der Waals surface area contributed by atoms with Gasteiger partial charge < -0.3 is 19.5 Å². The van der Waals surface area contributed by atoms with Crippen molar-refractivity contribution < 1.29 is 29.1 Å². The van der Waals surface area contributed by atoms with Crippen molar-refractivity contribution >= 4 is 24.5 Å². The summed E-state index contributed by atoms with van der Waals surface area (Å²) < 4.78 is 10.00. The maximum absolute atomic E-state index is 11.7. The van der Waals surface area contributed by atoms with Crippen molar-refractivity contribution in [3.8, 4) is 0 Å². The Morgan fingerprint density at radius 3 is 2.67 bits per heavy atom. The van der Waals surface area contributed by atoms with E-state index in [9.17, 15) is 19.6 Å². The van der Waals surface area contributed by atoms with Crippen molar-refractivity contribution in [3.63, 3.8) is 0 Å². The molecule has 1 unspecified atom stereocenters. The third kappa shape index (κ3) is 1.87. The molecular formula is C11H11BO6. The normalized spacial score (nSPS) is 21.2. The lowest BCUT2D eigenvalue weighted by Gasteiger charge is -2.24. The van der Waals surface area contributed by atoms with Crippen LogP contribution in [0.2, 0.25) is 0 Å². The zero-order chi connectivity index (χ0) is 13.5. The Balaban J connectivity index is 2.62. The van der Waals surface area contributed by atoms with Gasteiger partial charge in [0.15, 0.2) is 0 Å². The number of hydrogen-bond donors (Lipinski definition) is 2. The van der Waals surface area contributed by atoms with Gasteiger partial charge in [-0.05, 0) is 11.5 Å². The van der Waals surface area contributed by atoms with Gasteiger partial charge in [0, 0.05) is 13.8 Å². The Labute approximate surface area is 103 Å². The van der Waals surface area contributed by atoms with Gasteiger partial charge in [-0.25, -0.2) is 4.79 Å². The number of fused-ring (bicyclic) bond motifs is 1. The lowest BCUT2D eigenvalue weighted by molar-refractivity contribution is -0.199. The van der Waals surface area contributed by atoms with Crippen LogP contribution in [0.4, 0.5) is 0 Å². The molecule has 1 heterocycles. The van der Waals surface area contributed by atoms with Crippen LogP contribution in [-0.4, -0.2) is 29.1 Å². The summed E-state index contributed by atoms with van der Waals surface area (Å²) >= 11 is 0. The minimum atomic E-state index is -1.79. The molecule has 0 fully saturated rings. The van der Waals surface area contributed by atoms with Crippen LogP contribution in [0.25, 0.3) is 0 Å². The first kappa shape index (κ1) is 12.6. The average molecular weight is 250 g/mol. The number of hydrogen-bond acceptors (Lipinski definition) is 6. The molecule has 1 aromatic carbocycles. The third-order valence-electron chi connectivity index (χ3n) is 2.67. The molecule has 0 spiro atoms. The molecular weight excluding hydrogens is 239 g/mol. The van der Waals surface area contributed by atoms with Gasteiger partial charge in [-0.1, -0.05) is 12.1 Å². The van der Waals surface area contributed by atoms with Crippen molar-refractivity contribution in [3.05, 3.63) is 29.3 Å². The summed E-state index contributed by atoms with van der Waals surface area (Å²) in [6.07, 6.45) is 0. The zero-order valence-electron chi connectivity index (χ0n) is 9.84. The number of benzene rings is 1. The smallest absolute Gasteiger partial charge is 0.423 e. The Hall–Kier alpha value is -1.86. The molecule has 0 aliphatic carbocycles. The van der Waals surface area contributed by atoms with Crippen LogP contribution in [-0.2, 0) is 20.1 Å². The van der Waals surface area contributed by atoms with E-state index in [0.717, 1.165) is 0 Å². The first-order valence-electron chi connectivity index (χ1n) is 5.27. The van der Waals surface area contributed by atoms with E-state index in [-0.39, 0.29) is 16.6 Å². The Morgan fingerprint density at radius 1 is 1.44 bits per heavy atom. The molecule has 6 nitrogen and oxygen atoms in total. The lowest BCUT2D eigenvalue weighted by atomic mass is 9.74. The summed E-state index contributed by atoms with van der Waals surface area (Å²) in [6, 6.07) is 4.39. The van der Waals surface area contributed by atoms with Gasteiger partial charge in [0.25, 0.3) is 5.79 Å². The summed E-state index contributed by atoms with van der Waals surface area (Å²) in [5, 5.41) is 18.6. The highest BCUT2D eigenvalue weighted by molar-refractivity contribution is 6.59. The minimum absolute atomic E-state index is 0.0714. The standard InChI is InChI=1S/C11H11BO6/c1-6(13)17-11(2)9-7(10(14)18-11)4-3-5-8(9)12(15)16/h3-5,15-16H,1-2H3. The molecule has 0 aromatic heterocycles. The van der Waals surface area contributed by atoms with E-state index < -0.39 is 24.8 Å². The molecule has 18 heavy (non-hydrogen) atoms. The molecule has 94 valence electrons. The summed E-state index contributed by atoms with van der Waals surface area (Å²) in [5.41, 5.74) is 0.395. The molecule has 1 aromatic rings. The quantitative estimate of drug-likeness (QED) is 0.531. The first-order chi connectivity index (χ1) is 8.35. The van der Waals surface area contributed by atoms with E-state index in [2.05, 4.69) is 0 Å². The van der Waals surface area contributed by atoms with Crippen LogP contribution in [0, 0.1) is 0 Å². The Morgan fingerprint density at radius 2 is 2.11 bits per heavy atom. The highest BCUT2D eigenvalue weighted by atomic mass is 16.7. The topological polar surface area (TPSA) is 93.1 Å². The first-order valence-corrected chi connectivity index (χ1v) is 5.27. The van der Waals surface area contributed by atoms with Crippen LogP contribution in [0.15, 0.2) is 18.2 Å². The number of esters is 2. The van der Waals surface area contributed by atoms with Gasteiger partial charge in [0.2, 0.25) is 0 Å². The van der Waals surface area contributed by atoms with Crippen molar-refractivity contribution in [2.45, 2.75) is 19.6 Å². The predicted octanol–water partition coefficient (Wildman–Crippen LogP) is -0.727. The van der Waals surface area contributed by atoms with Gasteiger partial charge in [-0.2, -0.15) is 0 Å². The zero-order valence-corrected chi connectivity index (χ0v) is 9.84. The average Bonchev–Trinajstić information content (AvgIpc) is 2.50. The predicted molar refractivity (Wildman–Crippen MR) is 60.8 cm³/mol. The van der Waals surface area contributed by atoms with Crippen molar-refractivity contribution in [2.75, 3.05) is 0 Å². The highest BCUT2D eigenvalue weighted by Crippen LogP contribution is 2.36. The molecule has 1 atom stereocenters. The second-order valence-corrected chi connectivity index (χ2v) is 4.07. The molecule has 7 heteroatoms. The fraction of sp³-hybridized carbons (Fsp3) is 0.273. The fourth-order valence-electron chi connectivity index (χ4n) is 2.09. The van der Waals surface area contributed by atoms with Crippen LogP contribution in [0.3, 0.4) is 0 Å². The van der Waals surface area contributed by atoms with Gasteiger partial charge in [-0.3, -0.25) is 4.79 Å². The number of ether oxygens (including phenoxy) is 2. The number of rotatable bonds is 2. The molecule has 1 aliphatic heterocycles. The largest absolute Gasteiger partial charge is 0.489 e. The van der Waals surface area contributed by atoms with Gasteiger partial charge in [-0.15, -0.1) is 0 Å². The van der Waals surface area contributed by atoms with Crippen molar-refractivity contribution in [1.82, 2.24) is 0 Å². The molecule has 0 amide bonds. The summed E-state index contributed by atoms with van der Waals surface area (Å²) in [7, 11) is -1.79. The molecule has 2 N–H and O–H groups in total. The van der Waals surface area contributed by atoms with Gasteiger partial charge in [0.05, 0.1) is 11.1 Å². The van der Waals surface area contributed by atoms with Crippen LogP contribution in [0.1, 0.15) is 29.8 Å². The van der Waals surface area contributed by atoms with E-state index in [1.54, 1.807) is 0 Å². The fourth-order valence-corrected chi connectivity index (χ4v) is 2.09. The van der Waals surface area contributed by atoms with E-state index in [4.69, 9.17) is 9.47 Å². The van der Waals surface area contributed by atoms with Crippen molar-refractivity contribution in [2.24, 2.45) is 0 Å². The van der Waals surface area contributed by atoms with E-state index in [0.29, 0.717) is 0 Å². The molecule has 0 bridgehead atoms. The lowest BCUT2D eigenvalue weighted by Crippen LogP contribution is -2.40. The second kappa shape index (κ2) is 4.11. The maximum atomic E-state index is 11.7. The van der Waals surface area contributed by atoms with E-state index in [1.807, 2.05) is 0 Å². The minimum Gasteiger partial charge on any atom is -0.423 e. The molecule has 2 rings (SSSR count). The summed E-state index contributed by atoms with van der Waals surface area (Å²) in [6.45, 7) is 2.55. The van der Waals surface area contributed by atoms with Crippen LogP contribution in [0.5, 0.6) is 0 Å². The molecule has 1 aliphatic rings. The highest BCUT2D eigenvalue weighted by Gasteiger charge is 2.47. The van der Waals surface area contributed by atoms with Crippen LogP contribution >= 0.6 is 0 Å². The van der Waals surface area contributed by atoms with Crippen molar-refractivity contribution in [1.29, 1.82) is 0 Å². The van der Waals surface area contributed by atoms with E-state index >= 15 is 0 Å². The monoisotopic (exact) mass is 250 g/mol. The molecule has 0 saturated carbocycles. The Kier molecular flexibility index (Phi) is 2.88. The van der Waals surface area contributed by atoms with Gasteiger partial charge >= 0.3 is 19.1 Å². The number of carbonyl (C=O) groups is 2. The number of cyclic esters (lactones) is 1. The summed E-state index contributed by atoms with van der Waals surface area (Å²) in [4.78, 5) is 22.7. The summed E-state index contributed by atoms with van der Waals surface area (Å²) in [5.74, 6) is -2.94. The SMILES string of the molecule is CC(=O)OC1(C)OC(=O)c2cccc(B(O)O)c21. The molecule has 0 saturated heterocycles. The maximum Gasteiger partial charge on any atom is 0.489 e. The number of carbonyl (C=O) groups excluding carboxylic acids is 2. The van der Waals surface area contributed by atoms with Crippen LogP contribution < -0.4 is 5.46 Å². The van der Waals surface area contributed by atoms with Gasteiger partial charge in [0.1, 0.15) is 0 Å². The van der Waals surface area contributed by atoms with E-state index in [1.165, 1.54) is 32.0 Å². The Bertz CT molecular complexity index is 522. The third-order valence-corrected chi connectivity index (χ3v) is 2.67.